The van der Waals surface area contributed by atoms with Crippen molar-refractivity contribution in [1.82, 2.24) is 10.2 Å². The first kappa shape index (κ1) is 11.8. The fourth-order valence-electron chi connectivity index (χ4n) is 1.08. The predicted octanol–water partition coefficient (Wildman–Crippen LogP) is 3.62. The first-order valence-corrected chi connectivity index (χ1v) is 6.68. The van der Waals surface area contributed by atoms with E-state index in [4.69, 9.17) is 16.3 Å². The molecule has 2 aromatic rings. The lowest BCUT2D eigenvalue weighted by Crippen LogP contribution is -1.94. The fourth-order valence-corrected chi connectivity index (χ4v) is 2.09. The van der Waals surface area contributed by atoms with E-state index in [1.807, 2.05) is 24.3 Å². The van der Waals surface area contributed by atoms with Crippen molar-refractivity contribution in [3.05, 3.63) is 39.3 Å². The highest BCUT2D eigenvalue weighted by Gasteiger charge is 2.03. The molecule has 0 fully saturated rings. The molecule has 0 bridgehead atoms. The third kappa shape index (κ3) is 3.17. The number of aromatic nitrogens is 2. The summed E-state index contributed by atoms with van der Waals surface area (Å²) in [5.41, 5.74) is 1.09. The number of halogens is 2. The zero-order chi connectivity index (χ0) is 11.4. The van der Waals surface area contributed by atoms with Gasteiger partial charge in [-0.2, -0.15) is 0 Å². The fraction of sp³-hybridized carbons (Fsp3) is 0.200. The molecule has 6 heteroatoms. The summed E-state index contributed by atoms with van der Waals surface area (Å²) in [6, 6.07) is 7.94. The third-order valence-corrected chi connectivity index (χ3v) is 3.61. The van der Waals surface area contributed by atoms with Crippen LogP contribution in [-0.2, 0) is 12.5 Å². The summed E-state index contributed by atoms with van der Waals surface area (Å²) in [6.45, 7) is 0.490. The number of hydrogen-bond acceptors (Lipinski definition) is 4. The van der Waals surface area contributed by atoms with Gasteiger partial charge in [0.2, 0.25) is 0 Å². The average Bonchev–Trinajstić information content (AvgIpc) is 2.76. The van der Waals surface area contributed by atoms with Gasteiger partial charge in [-0.1, -0.05) is 39.4 Å². The van der Waals surface area contributed by atoms with Gasteiger partial charge in [-0.05, 0) is 17.7 Å². The number of nitrogens with zero attached hydrogens (tertiary/aromatic N) is 2. The van der Waals surface area contributed by atoms with E-state index in [9.17, 15) is 0 Å². The smallest absolute Gasteiger partial charge is 0.294 e. The largest absolute Gasteiger partial charge is 0.464 e. The summed E-state index contributed by atoms with van der Waals surface area (Å²) in [4.78, 5) is 0. The van der Waals surface area contributed by atoms with Crippen LogP contribution in [0.15, 0.2) is 28.7 Å². The maximum absolute atomic E-state index is 5.62. The minimum absolute atomic E-state index is 0.374. The molecule has 0 N–H and O–H groups in total. The third-order valence-electron chi connectivity index (χ3n) is 1.84. The molecule has 0 aliphatic carbocycles. The molecule has 0 saturated heterocycles. The van der Waals surface area contributed by atoms with Crippen molar-refractivity contribution in [3.8, 4) is 5.19 Å². The van der Waals surface area contributed by atoms with Crippen LogP contribution >= 0.6 is 38.9 Å². The van der Waals surface area contributed by atoms with Gasteiger partial charge in [0, 0.05) is 4.47 Å². The molecular formula is C10H8BrClN2OS. The number of alkyl halides is 1. The molecule has 0 unspecified atom stereocenters. The molecule has 2 rings (SSSR count). The first-order valence-electron chi connectivity index (χ1n) is 4.53. The van der Waals surface area contributed by atoms with Gasteiger partial charge in [0.15, 0.2) is 0 Å². The highest BCUT2D eigenvalue weighted by atomic mass is 79.9. The second-order valence-corrected chi connectivity index (χ2v) is 5.22. The number of rotatable bonds is 4. The molecule has 0 atom stereocenters. The van der Waals surface area contributed by atoms with E-state index in [0.29, 0.717) is 17.7 Å². The van der Waals surface area contributed by atoms with Crippen molar-refractivity contribution in [2.24, 2.45) is 0 Å². The number of hydrogen-bond donors (Lipinski definition) is 0. The van der Waals surface area contributed by atoms with Gasteiger partial charge in [-0.15, -0.1) is 21.8 Å². The Hall–Kier alpha value is -0.650. The average molecular weight is 320 g/mol. The summed E-state index contributed by atoms with van der Waals surface area (Å²) in [5.74, 6) is 0.374. The molecule has 0 saturated carbocycles. The lowest BCUT2D eigenvalue weighted by atomic mass is 10.2. The zero-order valence-electron chi connectivity index (χ0n) is 8.19. The maximum Gasteiger partial charge on any atom is 0.294 e. The molecule has 1 aromatic carbocycles. The summed E-state index contributed by atoms with van der Waals surface area (Å²) in [6.07, 6.45) is 0. The highest BCUT2D eigenvalue weighted by Crippen LogP contribution is 2.20. The van der Waals surface area contributed by atoms with Crippen LogP contribution in [0.2, 0.25) is 0 Å². The van der Waals surface area contributed by atoms with Gasteiger partial charge in [-0.25, -0.2) is 0 Å². The molecular weight excluding hydrogens is 312 g/mol. The van der Waals surface area contributed by atoms with Gasteiger partial charge in [0.25, 0.3) is 5.19 Å². The van der Waals surface area contributed by atoms with Crippen LogP contribution in [0.5, 0.6) is 5.19 Å². The molecule has 0 aliphatic rings. The van der Waals surface area contributed by atoms with Gasteiger partial charge in [-0.3, -0.25) is 0 Å². The summed E-state index contributed by atoms with van der Waals surface area (Å²) in [7, 11) is 0. The number of ether oxygens (including phenoxy) is 1. The van der Waals surface area contributed by atoms with Crippen LogP contribution in [0.3, 0.4) is 0 Å². The Morgan fingerprint density at radius 3 is 2.62 bits per heavy atom. The molecule has 84 valence electrons. The van der Waals surface area contributed by atoms with E-state index in [-0.39, 0.29) is 0 Å². The highest BCUT2D eigenvalue weighted by molar-refractivity contribution is 9.10. The van der Waals surface area contributed by atoms with E-state index >= 15 is 0 Å². The Kier molecular flexibility index (Phi) is 4.15. The minimum Gasteiger partial charge on any atom is -0.464 e. The monoisotopic (exact) mass is 318 g/mol. The molecule has 16 heavy (non-hydrogen) atoms. The molecule has 1 heterocycles. The molecule has 0 aliphatic heterocycles. The number of benzene rings is 1. The second-order valence-electron chi connectivity index (χ2n) is 3.01. The molecule has 1 aromatic heterocycles. The quantitative estimate of drug-likeness (QED) is 0.807. The van der Waals surface area contributed by atoms with E-state index < -0.39 is 0 Å². The first-order chi connectivity index (χ1) is 7.78. The molecule has 0 radical (unpaired) electrons. The topological polar surface area (TPSA) is 35.0 Å². The summed E-state index contributed by atoms with van der Waals surface area (Å²) >= 11 is 10.4. The lowest BCUT2D eigenvalue weighted by Gasteiger charge is -2.01. The minimum atomic E-state index is 0.374. The normalized spacial score (nSPS) is 10.4. The van der Waals surface area contributed by atoms with Crippen molar-refractivity contribution < 1.29 is 4.74 Å². The van der Waals surface area contributed by atoms with Crippen molar-refractivity contribution >= 4 is 38.9 Å². The van der Waals surface area contributed by atoms with Crippen molar-refractivity contribution in [2.45, 2.75) is 12.5 Å². The van der Waals surface area contributed by atoms with Crippen LogP contribution in [-0.4, -0.2) is 10.2 Å². The van der Waals surface area contributed by atoms with Gasteiger partial charge >= 0.3 is 0 Å². The Balaban J connectivity index is 1.94. The summed E-state index contributed by atoms with van der Waals surface area (Å²) in [5, 5.41) is 9.06. The van der Waals surface area contributed by atoms with E-state index in [2.05, 4.69) is 26.1 Å². The lowest BCUT2D eigenvalue weighted by molar-refractivity contribution is 0.302. The van der Waals surface area contributed by atoms with Gasteiger partial charge < -0.3 is 4.74 Å². The van der Waals surface area contributed by atoms with Crippen molar-refractivity contribution in [3.63, 3.8) is 0 Å². The van der Waals surface area contributed by atoms with Crippen LogP contribution in [0, 0.1) is 0 Å². The SMILES string of the molecule is ClCc1nnc(OCc2ccc(Br)cc2)s1. The van der Waals surface area contributed by atoms with Crippen molar-refractivity contribution in [2.75, 3.05) is 0 Å². The van der Waals surface area contributed by atoms with Crippen LogP contribution in [0.1, 0.15) is 10.6 Å². The summed E-state index contributed by atoms with van der Waals surface area (Å²) < 4.78 is 6.54. The van der Waals surface area contributed by atoms with E-state index in [0.717, 1.165) is 15.0 Å². The van der Waals surface area contributed by atoms with Crippen LogP contribution < -0.4 is 4.74 Å². The van der Waals surface area contributed by atoms with Crippen LogP contribution in [0.4, 0.5) is 0 Å². The van der Waals surface area contributed by atoms with E-state index in [1.54, 1.807) is 0 Å². The van der Waals surface area contributed by atoms with Gasteiger partial charge in [0.1, 0.15) is 11.6 Å². The molecule has 3 nitrogen and oxygen atoms in total. The second kappa shape index (κ2) is 5.61. The van der Waals surface area contributed by atoms with E-state index in [1.165, 1.54) is 11.3 Å². The Bertz CT molecular complexity index is 460. The molecule has 0 spiro atoms. The Morgan fingerprint density at radius 2 is 2.00 bits per heavy atom. The Morgan fingerprint density at radius 1 is 1.25 bits per heavy atom. The molecule has 0 amide bonds. The Labute approximate surface area is 111 Å². The maximum atomic E-state index is 5.62. The van der Waals surface area contributed by atoms with Crippen LogP contribution in [0.25, 0.3) is 0 Å². The van der Waals surface area contributed by atoms with Gasteiger partial charge in [0.05, 0.1) is 5.88 Å². The standard InChI is InChI=1S/C10H8BrClN2OS/c11-8-3-1-7(2-4-8)6-15-10-14-13-9(5-12)16-10/h1-4H,5-6H2. The zero-order valence-corrected chi connectivity index (χ0v) is 11.3. The predicted molar refractivity (Wildman–Crippen MR) is 67.9 cm³/mol. The van der Waals surface area contributed by atoms with Crippen molar-refractivity contribution in [1.29, 1.82) is 0 Å².